The van der Waals surface area contributed by atoms with Crippen LogP contribution < -0.4 is 10.9 Å². The summed E-state index contributed by atoms with van der Waals surface area (Å²) < 4.78 is 2.06. The summed E-state index contributed by atoms with van der Waals surface area (Å²) in [6.45, 7) is 1.82. The number of para-hydroxylation sites is 1. The first kappa shape index (κ1) is 17.8. The number of hydrogen-bond donors (Lipinski definition) is 1. The highest BCUT2D eigenvalue weighted by Crippen LogP contribution is 2.31. The number of nitrogens with zero attached hydrogens (tertiary/aromatic N) is 4. The molecule has 0 unspecified atom stereocenters. The summed E-state index contributed by atoms with van der Waals surface area (Å²) >= 11 is 2.67. The number of nitriles is 1. The van der Waals surface area contributed by atoms with Crippen molar-refractivity contribution in [2.75, 3.05) is 11.1 Å². The third-order valence-electron chi connectivity index (χ3n) is 3.28. The molecule has 130 valence electrons. The Morgan fingerprint density at radius 2 is 2.08 bits per heavy atom. The van der Waals surface area contributed by atoms with Crippen LogP contribution >= 0.6 is 23.1 Å². The maximum atomic E-state index is 12.5. The molecule has 0 atom stereocenters. The van der Waals surface area contributed by atoms with Gasteiger partial charge in [0.15, 0.2) is 5.13 Å². The van der Waals surface area contributed by atoms with Crippen molar-refractivity contribution in [3.8, 4) is 11.8 Å². The Hall–Kier alpha value is -2.96. The minimum Gasteiger partial charge on any atom is -0.296 e. The Kier molecular flexibility index (Phi) is 5.46. The standard InChI is InChI=1S/C17H13N5O2S2/c1-11-16(25-10-9-18)26-17(19-11)20-15(24)13-7-8-14(23)22(21-13)12-5-3-2-4-6-12/h2-8H,10H2,1H3,(H,19,20,24). The van der Waals surface area contributed by atoms with Gasteiger partial charge in [0.25, 0.3) is 11.5 Å². The molecule has 0 aliphatic heterocycles. The summed E-state index contributed by atoms with van der Waals surface area (Å²) in [4.78, 5) is 28.8. The van der Waals surface area contributed by atoms with Crippen LogP contribution in [-0.2, 0) is 0 Å². The molecule has 1 N–H and O–H groups in total. The molecule has 7 nitrogen and oxygen atoms in total. The van der Waals surface area contributed by atoms with E-state index in [0.29, 0.717) is 16.6 Å². The summed E-state index contributed by atoms with van der Waals surface area (Å²) in [5.41, 5.74) is 1.11. The minimum atomic E-state index is -0.458. The van der Waals surface area contributed by atoms with E-state index in [1.165, 1.54) is 39.9 Å². The molecule has 0 saturated heterocycles. The fourth-order valence-electron chi connectivity index (χ4n) is 2.12. The van der Waals surface area contributed by atoms with E-state index in [0.717, 1.165) is 9.90 Å². The molecule has 0 fully saturated rings. The number of amides is 1. The fourth-order valence-corrected chi connectivity index (χ4v) is 3.91. The van der Waals surface area contributed by atoms with Gasteiger partial charge in [0.05, 0.1) is 27.4 Å². The number of anilines is 1. The number of nitrogens with one attached hydrogen (secondary N) is 1. The van der Waals surface area contributed by atoms with Crippen LogP contribution in [0.25, 0.3) is 5.69 Å². The van der Waals surface area contributed by atoms with Crippen molar-refractivity contribution in [3.63, 3.8) is 0 Å². The van der Waals surface area contributed by atoms with E-state index in [4.69, 9.17) is 5.26 Å². The lowest BCUT2D eigenvalue weighted by Crippen LogP contribution is -2.24. The summed E-state index contributed by atoms with van der Waals surface area (Å²) in [5, 5.41) is 15.9. The predicted molar refractivity (Wildman–Crippen MR) is 101 cm³/mol. The molecule has 0 aliphatic carbocycles. The van der Waals surface area contributed by atoms with Crippen LogP contribution in [0.4, 0.5) is 5.13 Å². The number of hydrogen-bond acceptors (Lipinski definition) is 7. The van der Waals surface area contributed by atoms with Crippen LogP contribution in [0.3, 0.4) is 0 Å². The van der Waals surface area contributed by atoms with E-state index in [1.807, 2.05) is 13.0 Å². The molecule has 2 aromatic heterocycles. The van der Waals surface area contributed by atoms with Crippen molar-refractivity contribution in [1.82, 2.24) is 14.8 Å². The molecule has 2 heterocycles. The Morgan fingerprint density at radius 1 is 1.31 bits per heavy atom. The molecule has 0 bridgehead atoms. The zero-order chi connectivity index (χ0) is 18.5. The van der Waals surface area contributed by atoms with Crippen molar-refractivity contribution in [2.45, 2.75) is 11.1 Å². The zero-order valence-corrected chi connectivity index (χ0v) is 15.3. The van der Waals surface area contributed by atoms with Gasteiger partial charge in [-0.1, -0.05) is 41.3 Å². The van der Waals surface area contributed by atoms with Gasteiger partial charge in [-0.25, -0.2) is 4.98 Å². The number of carbonyl (C=O) groups is 1. The average molecular weight is 383 g/mol. The molecular weight excluding hydrogens is 370 g/mol. The minimum absolute atomic E-state index is 0.104. The van der Waals surface area contributed by atoms with Gasteiger partial charge in [-0.3, -0.25) is 14.9 Å². The largest absolute Gasteiger partial charge is 0.296 e. The number of benzene rings is 1. The first-order valence-electron chi connectivity index (χ1n) is 7.53. The van der Waals surface area contributed by atoms with E-state index in [-0.39, 0.29) is 11.3 Å². The van der Waals surface area contributed by atoms with E-state index < -0.39 is 5.91 Å². The number of thioether (sulfide) groups is 1. The lowest BCUT2D eigenvalue weighted by molar-refractivity contribution is 0.102. The smallest absolute Gasteiger partial charge is 0.277 e. The van der Waals surface area contributed by atoms with Crippen molar-refractivity contribution in [3.05, 3.63) is 64.2 Å². The summed E-state index contributed by atoms with van der Waals surface area (Å²) in [6.07, 6.45) is 0. The number of aryl methyl sites for hydroxylation is 1. The number of aromatic nitrogens is 3. The second-order valence-corrected chi connectivity index (χ2v) is 7.34. The normalized spacial score (nSPS) is 10.3. The first-order chi connectivity index (χ1) is 12.6. The first-order valence-corrected chi connectivity index (χ1v) is 9.33. The zero-order valence-electron chi connectivity index (χ0n) is 13.7. The van der Waals surface area contributed by atoms with E-state index >= 15 is 0 Å². The molecule has 0 saturated carbocycles. The molecule has 9 heteroatoms. The van der Waals surface area contributed by atoms with Crippen molar-refractivity contribution < 1.29 is 4.79 Å². The quantitative estimate of drug-likeness (QED) is 0.680. The van der Waals surface area contributed by atoms with Gasteiger partial charge in [0.1, 0.15) is 5.69 Å². The molecule has 1 aromatic carbocycles. The number of carbonyl (C=O) groups excluding carboxylic acids is 1. The molecule has 0 spiro atoms. The van der Waals surface area contributed by atoms with Crippen LogP contribution in [0.2, 0.25) is 0 Å². The molecule has 26 heavy (non-hydrogen) atoms. The van der Waals surface area contributed by atoms with Gasteiger partial charge in [-0.2, -0.15) is 15.0 Å². The topological polar surface area (TPSA) is 101 Å². The molecule has 0 aliphatic rings. The van der Waals surface area contributed by atoms with Crippen LogP contribution in [0.1, 0.15) is 16.2 Å². The highest BCUT2D eigenvalue weighted by molar-refractivity contribution is 8.01. The Balaban J connectivity index is 1.83. The van der Waals surface area contributed by atoms with E-state index in [9.17, 15) is 9.59 Å². The third-order valence-corrected chi connectivity index (χ3v) is 5.58. The second-order valence-electron chi connectivity index (χ2n) is 5.10. The maximum absolute atomic E-state index is 12.5. The lowest BCUT2D eigenvalue weighted by Gasteiger charge is -2.06. The monoisotopic (exact) mass is 383 g/mol. The SMILES string of the molecule is Cc1nc(NC(=O)c2ccc(=O)n(-c3ccccc3)n2)sc1SCC#N. The molecular formula is C17H13N5O2S2. The Labute approximate surface area is 157 Å². The van der Waals surface area contributed by atoms with Crippen molar-refractivity contribution >= 4 is 34.1 Å². The van der Waals surface area contributed by atoms with Crippen LogP contribution in [0, 0.1) is 18.3 Å². The van der Waals surface area contributed by atoms with Crippen LogP contribution in [-0.4, -0.2) is 26.4 Å². The highest BCUT2D eigenvalue weighted by Gasteiger charge is 2.14. The van der Waals surface area contributed by atoms with Gasteiger partial charge >= 0.3 is 0 Å². The van der Waals surface area contributed by atoms with Gasteiger partial charge in [-0.05, 0) is 25.1 Å². The lowest BCUT2D eigenvalue weighted by atomic mass is 10.3. The number of rotatable bonds is 5. The van der Waals surface area contributed by atoms with Gasteiger partial charge in [0, 0.05) is 6.07 Å². The average Bonchev–Trinajstić information content (AvgIpc) is 3.00. The molecule has 1 amide bonds. The molecule has 0 radical (unpaired) electrons. The Bertz CT molecular complexity index is 1040. The van der Waals surface area contributed by atoms with Crippen LogP contribution in [0.5, 0.6) is 0 Å². The van der Waals surface area contributed by atoms with Crippen molar-refractivity contribution in [2.24, 2.45) is 0 Å². The van der Waals surface area contributed by atoms with Gasteiger partial charge < -0.3 is 0 Å². The van der Waals surface area contributed by atoms with Crippen LogP contribution in [0.15, 0.2) is 51.5 Å². The number of thiazole rings is 1. The van der Waals surface area contributed by atoms with E-state index in [2.05, 4.69) is 21.5 Å². The van der Waals surface area contributed by atoms with Gasteiger partial charge in [0.2, 0.25) is 0 Å². The van der Waals surface area contributed by atoms with Gasteiger partial charge in [-0.15, -0.1) is 0 Å². The third kappa shape index (κ3) is 3.99. The highest BCUT2D eigenvalue weighted by atomic mass is 32.2. The van der Waals surface area contributed by atoms with Crippen molar-refractivity contribution in [1.29, 1.82) is 5.26 Å². The summed E-state index contributed by atoms with van der Waals surface area (Å²) in [6, 6.07) is 13.6. The predicted octanol–water partition coefficient (Wildman–Crippen LogP) is 2.87. The van der Waals surface area contributed by atoms with E-state index in [1.54, 1.807) is 24.3 Å². The Morgan fingerprint density at radius 3 is 2.81 bits per heavy atom. The summed E-state index contributed by atoms with van der Waals surface area (Å²) in [5.74, 6) is -0.139. The second kappa shape index (κ2) is 7.95. The summed E-state index contributed by atoms with van der Waals surface area (Å²) in [7, 11) is 0. The fraction of sp³-hybridized carbons (Fsp3) is 0.118. The molecule has 3 aromatic rings. The molecule has 3 rings (SSSR count). The maximum Gasteiger partial charge on any atom is 0.277 e.